The predicted octanol–water partition coefficient (Wildman–Crippen LogP) is 1.28. The Morgan fingerprint density at radius 2 is 2.23 bits per heavy atom. The zero-order valence-corrected chi connectivity index (χ0v) is 7.40. The molecule has 0 aliphatic heterocycles. The minimum atomic E-state index is 0.352. The molecule has 0 bridgehead atoms. The van der Waals surface area contributed by atoms with Crippen molar-refractivity contribution in [3.8, 4) is 0 Å². The monoisotopic (exact) mass is 195 g/mol. The zero-order valence-electron chi connectivity index (χ0n) is 6.64. The van der Waals surface area contributed by atoms with Gasteiger partial charge in [0.05, 0.1) is 17.8 Å². The van der Waals surface area contributed by atoms with Gasteiger partial charge in [0.25, 0.3) is 0 Å². The van der Waals surface area contributed by atoms with Crippen molar-refractivity contribution >= 4 is 23.7 Å². The Kier molecular flexibility index (Phi) is 1.98. The molecule has 5 heteroatoms. The van der Waals surface area contributed by atoms with Crippen molar-refractivity contribution in [2.75, 3.05) is 0 Å². The van der Waals surface area contributed by atoms with E-state index in [2.05, 4.69) is 9.97 Å². The smallest absolute Gasteiger partial charge is 0.233 e. The number of carbonyl (C=O) groups is 1. The average molecular weight is 196 g/mol. The first-order chi connectivity index (χ1) is 6.35. The molecule has 0 N–H and O–H groups in total. The number of nitrogens with zero attached hydrogens (tertiary/aromatic N) is 3. The fraction of sp³-hybridized carbons (Fsp3) is 0.125. The zero-order chi connectivity index (χ0) is 9.26. The maximum absolute atomic E-state index is 10.5. The van der Waals surface area contributed by atoms with Gasteiger partial charge in [0, 0.05) is 18.0 Å². The molecular weight excluding hydrogens is 190 g/mol. The van der Waals surface area contributed by atoms with Gasteiger partial charge in [-0.1, -0.05) is 0 Å². The summed E-state index contributed by atoms with van der Waals surface area (Å²) in [4.78, 5) is 18.5. The normalized spacial score (nSPS) is 10.5. The second kappa shape index (κ2) is 3.14. The minimum Gasteiger partial charge on any atom is -0.298 e. The van der Waals surface area contributed by atoms with E-state index in [9.17, 15) is 4.79 Å². The van der Waals surface area contributed by atoms with Gasteiger partial charge in [0.1, 0.15) is 0 Å². The SMILES string of the molecule is O=Cc1cnc2ncc(CCl)n2c1. The molecule has 0 fully saturated rings. The Bertz CT molecular complexity index is 452. The Labute approximate surface area is 79.2 Å². The second-order valence-electron chi connectivity index (χ2n) is 2.56. The molecule has 4 nitrogen and oxygen atoms in total. The van der Waals surface area contributed by atoms with Crippen LogP contribution in [0.1, 0.15) is 16.1 Å². The van der Waals surface area contributed by atoms with Gasteiger partial charge < -0.3 is 0 Å². The lowest BCUT2D eigenvalue weighted by atomic mass is 10.4. The molecule has 0 aliphatic rings. The van der Waals surface area contributed by atoms with Gasteiger partial charge in [-0.15, -0.1) is 11.6 Å². The summed E-state index contributed by atoms with van der Waals surface area (Å²) in [6, 6.07) is 0. The van der Waals surface area contributed by atoms with Crippen molar-refractivity contribution in [1.29, 1.82) is 0 Å². The first-order valence-electron chi connectivity index (χ1n) is 3.68. The summed E-state index contributed by atoms with van der Waals surface area (Å²) in [5, 5.41) is 0. The van der Waals surface area contributed by atoms with Gasteiger partial charge in [-0.25, -0.2) is 9.97 Å². The molecule has 0 atom stereocenters. The molecule has 66 valence electrons. The topological polar surface area (TPSA) is 47.3 Å². The first kappa shape index (κ1) is 8.19. The fourth-order valence-corrected chi connectivity index (χ4v) is 1.29. The van der Waals surface area contributed by atoms with Crippen LogP contribution in [0, 0.1) is 0 Å². The highest BCUT2D eigenvalue weighted by Crippen LogP contribution is 2.07. The quantitative estimate of drug-likeness (QED) is 0.536. The number of imidazole rings is 1. The van der Waals surface area contributed by atoms with E-state index in [-0.39, 0.29) is 0 Å². The van der Waals surface area contributed by atoms with Crippen molar-refractivity contribution in [2.45, 2.75) is 5.88 Å². The number of aldehydes is 1. The number of hydrogen-bond donors (Lipinski definition) is 0. The summed E-state index contributed by atoms with van der Waals surface area (Å²) in [6.07, 6.45) is 5.53. The van der Waals surface area contributed by atoms with Gasteiger partial charge >= 0.3 is 0 Å². The van der Waals surface area contributed by atoms with E-state index >= 15 is 0 Å². The number of halogens is 1. The van der Waals surface area contributed by atoms with Crippen LogP contribution in [0.25, 0.3) is 5.78 Å². The highest BCUT2D eigenvalue weighted by atomic mass is 35.5. The van der Waals surface area contributed by atoms with Crippen LogP contribution >= 0.6 is 11.6 Å². The van der Waals surface area contributed by atoms with Crippen LogP contribution in [0.5, 0.6) is 0 Å². The largest absolute Gasteiger partial charge is 0.298 e. The Balaban J connectivity index is 2.71. The fourth-order valence-electron chi connectivity index (χ4n) is 1.10. The van der Waals surface area contributed by atoms with Crippen LogP contribution in [0.3, 0.4) is 0 Å². The lowest BCUT2D eigenvalue weighted by Gasteiger charge is -1.96. The molecule has 0 aliphatic carbocycles. The summed E-state index contributed by atoms with van der Waals surface area (Å²) in [5.74, 6) is 0.909. The molecule has 0 spiro atoms. The van der Waals surface area contributed by atoms with Gasteiger partial charge in [-0.05, 0) is 0 Å². The molecule has 2 heterocycles. The molecule has 13 heavy (non-hydrogen) atoms. The highest BCUT2D eigenvalue weighted by molar-refractivity contribution is 6.16. The highest BCUT2D eigenvalue weighted by Gasteiger charge is 2.02. The maximum Gasteiger partial charge on any atom is 0.233 e. The van der Waals surface area contributed by atoms with Gasteiger partial charge in [-0.3, -0.25) is 9.20 Å². The average Bonchev–Trinajstić information content (AvgIpc) is 2.59. The number of rotatable bonds is 2. The van der Waals surface area contributed by atoms with E-state index in [0.29, 0.717) is 17.2 Å². The van der Waals surface area contributed by atoms with Crippen LogP contribution in [-0.2, 0) is 5.88 Å². The summed E-state index contributed by atoms with van der Waals surface area (Å²) >= 11 is 5.67. The van der Waals surface area contributed by atoms with Crippen LogP contribution in [0.4, 0.5) is 0 Å². The Morgan fingerprint density at radius 1 is 1.46 bits per heavy atom. The molecule has 0 radical (unpaired) electrons. The van der Waals surface area contributed by atoms with Gasteiger partial charge in [0.15, 0.2) is 6.29 Å². The Hall–Kier alpha value is -1.42. The standard InChI is InChI=1S/C8H6ClN3O/c9-1-7-3-11-8-10-2-6(5-13)4-12(7)8/h2-5H,1H2. The number of hydrogen-bond acceptors (Lipinski definition) is 3. The molecule has 2 rings (SSSR count). The summed E-state index contributed by atoms with van der Waals surface area (Å²) < 4.78 is 1.71. The summed E-state index contributed by atoms with van der Waals surface area (Å²) in [7, 11) is 0. The molecule has 2 aromatic rings. The van der Waals surface area contributed by atoms with Crippen LogP contribution in [0.2, 0.25) is 0 Å². The van der Waals surface area contributed by atoms with E-state index in [1.807, 2.05) is 0 Å². The second-order valence-corrected chi connectivity index (χ2v) is 2.83. The summed E-state index contributed by atoms with van der Waals surface area (Å²) in [6.45, 7) is 0. The van der Waals surface area contributed by atoms with E-state index in [0.717, 1.165) is 12.0 Å². The van der Waals surface area contributed by atoms with Crippen molar-refractivity contribution in [2.24, 2.45) is 0 Å². The van der Waals surface area contributed by atoms with Crippen LogP contribution in [0.15, 0.2) is 18.6 Å². The van der Waals surface area contributed by atoms with E-state index < -0.39 is 0 Å². The number of carbonyl (C=O) groups excluding carboxylic acids is 1. The molecule has 0 amide bonds. The predicted molar refractivity (Wildman–Crippen MR) is 47.9 cm³/mol. The molecule has 0 unspecified atom stereocenters. The molecule has 0 aromatic carbocycles. The van der Waals surface area contributed by atoms with E-state index in [4.69, 9.17) is 11.6 Å². The number of alkyl halides is 1. The number of fused-ring (bicyclic) bond motifs is 1. The van der Waals surface area contributed by atoms with E-state index in [1.54, 1.807) is 16.8 Å². The van der Waals surface area contributed by atoms with E-state index in [1.165, 1.54) is 6.20 Å². The molecule has 2 aromatic heterocycles. The van der Waals surface area contributed by atoms with Crippen molar-refractivity contribution < 1.29 is 4.79 Å². The lowest BCUT2D eigenvalue weighted by molar-refractivity contribution is 0.112. The Morgan fingerprint density at radius 3 is 2.92 bits per heavy atom. The third-order valence-electron chi connectivity index (χ3n) is 1.73. The minimum absolute atomic E-state index is 0.352. The first-order valence-corrected chi connectivity index (χ1v) is 4.21. The van der Waals surface area contributed by atoms with Gasteiger partial charge in [-0.2, -0.15) is 0 Å². The number of aromatic nitrogens is 3. The van der Waals surface area contributed by atoms with Crippen molar-refractivity contribution in [1.82, 2.24) is 14.4 Å². The van der Waals surface area contributed by atoms with Gasteiger partial charge in [0.2, 0.25) is 5.78 Å². The third kappa shape index (κ3) is 1.29. The summed E-state index contributed by atoms with van der Waals surface area (Å²) in [5.41, 5.74) is 1.34. The molecule has 0 saturated heterocycles. The molecular formula is C8H6ClN3O. The third-order valence-corrected chi connectivity index (χ3v) is 2.01. The van der Waals surface area contributed by atoms with Crippen molar-refractivity contribution in [3.63, 3.8) is 0 Å². The lowest BCUT2D eigenvalue weighted by Crippen LogP contribution is -1.94. The maximum atomic E-state index is 10.5. The van der Waals surface area contributed by atoms with Crippen LogP contribution in [-0.4, -0.2) is 20.7 Å². The molecule has 0 saturated carbocycles. The van der Waals surface area contributed by atoms with Crippen LogP contribution < -0.4 is 0 Å². The van der Waals surface area contributed by atoms with Crippen molar-refractivity contribution in [3.05, 3.63) is 29.8 Å².